The molecule has 1 saturated carbocycles. The van der Waals surface area contributed by atoms with Gasteiger partial charge < -0.3 is 5.32 Å². The Balaban J connectivity index is 2.07. The van der Waals surface area contributed by atoms with Gasteiger partial charge in [-0.15, -0.1) is 0 Å². The molecule has 108 valence electrons. The van der Waals surface area contributed by atoms with Gasteiger partial charge in [0.15, 0.2) is 0 Å². The molecule has 0 atom stereocenters. The van der Waals surface area contributed by atoms with Gasteiger partial charge in [-0.1, -0.05) is 34.6 Å². The first-order valence-corrected chi connectivity index (χ1v) is 7.83. The largest absolute Gasteiger partial charge is 0.315 e. The predicted octanol–water partition coefficient (Wildman–Crippen LogP) is 3.52. The third kappa shape index (κ3) is 8.10. The van der Waals surface area contributed by atoms with E-state index in [1.165, 1.54) is 38.8 Å². The molecule has 18 heavy (non-hydrogen) atoms. The Morgan fingerprint density at radius 2 is 1.78 bits per heavy atom. The van der Waals surface area contributed by atoms with Crippen LogP contribution in [0.15, 0.2) is 0 Å². The standard InChI is InChI=1S/C16H34N2/c1-14(2)8-12-18(15-6-7-15)13-11-17-10-9-16(3,4)5/h14-15,17H,6-13H2,1-5H3. The van der Waals surface area contributed by atoms with Crippen LogP contribution in [0.2, 0.25) is 0 Å². The molecule has 0 spiro atoms. The Hall–Kier alpha value is -0.0800. The summed E-state index contributed by atoms with van der Waals surface area (Å²) in [7, 11) is 0. The van der Waals surface area contributed by atoms with Crippen molar-refractivity contribution in [3.63, 3.8) is 0 Å². The molecule has 1 fully saturated rings. The number of hydrogen-bond acceptors (Lipinski definition) is 2. The van der Waals surface area contributed by atoms with E-state index < -0.39 is 0 Å². The molecule has 0 aliphatic heterocycles. The lowest BCUT2D eigenvalue weighted by Gasteiger charge is -2.24. The van der Waals surface area contributed by atoms with Crippen LogP contribution in [0.3, 0.4) is 0 Å². The van der Waals surface area contributed by atoms with Crippen LogP contribution in [0.4, 0.5) is 0 Å². The van der Waals surface area contributed by atoms with Crippen LogP contribution in [-0.2, 0) is 0 Å². The summed E-state index contributed by atoms with van der Waals surface area (Å²) in [5.41, 5.74) is 0.459. The van der Waals surface area contributed by atoms with Crippen molar-refractivity contribution in [1.82, 2.24) is 10.2 Å². The minimum atomic E-state index is 0.459. The molecule has 0 radical (unpaired) electrons. The Morgan fingerprint density at radius 3 is 2.28 bits per heavy atom. The second kappa shape index (κ2) is 7.49. The maximum absolute atomic E-state index is 3.60. The molecule has 0 bridgehead atoms. The number of rotatable bonds is 9. The molecule has 0 heterocycles. The fourth-order valence-electron chi connectivity index (χ4n) is 2.15. The van der Waals surface area contributed by atoms with Gasteiger partial charge in [-0.05, 0) is 50.1 Å². The second-order valence-electron chi connectivity index (χ2n) is 7.51. The van der Waals surface area contributed by atoms with E-state index in [4.69, 9.17) is 0 Å². The summed E-state index contributed by atoms with van der Waals surface area (Å²) >= 11 is 0. The van der Waals surface area contributed by atoms with Crippen molar-refractivity contribution in [1.29, 1.82) is 0 Å². The first-order chi connectivity index (χ1) is 8.38. The van der Waals surface area contributed by atoms with Gasteiger partial charge in [0.25, 0.3) is 0 Å². The molecule has 2 nitrogen and oxygen atoms in total. The summed E-state index contributed by atoms with van der Waals surface area (Å²) in [6.45, 7) is 16.4. The molecule has 0 aromatic carbocycles. The highest BCUT2D eigenvalue weighted by Gasteiger charge is 2.28. The predicted molar refractivity (Wildman–Crippen MR) is 81.0 cm³/mol. The van der Waals surface area contributed by atoms with E-state index in [0.717, 1.165) is 25.0 Å². The molecule has 1 aliphatic rings. The Kier molecular flexibility index (Phi) is 6.65. The van der Waals surface area contributed by atoms with Gasteiger partial charge in [-0.25, -0.2) is 0 Å². The molecule has 0 saturated heterocycles. The zero-order chi connectivity index (χ0) is 13.6. The van der Waals surface area contributed by atoms with E-state index in [1.54, 1.807) is 0 Å². The zero-order valence-electron chi connectivity index (χ0n) is 13.3. The van der Waals surface area contributed by atoms with E-state index in [0.29, 0.717) is 5.41 Å². The molecule has 1 N–H and O–H groups in total. The quantitative estimate of drug-likeness (QED) is 0.633. The monoisotopic (exact) mass is 254 g/mol. The topological polar surface area (TPSA) is 15.3 Å². The third-order valence-electron chi connectivity index (χ3n) is 3.68. The molecular formula is C16H34N2. The average Bonchev–Trinajstić information content (AvgIpc) is 3.03. The van der Waals surface area contributed by atoms with Crippen LogP contribution in [0.25, 0.3) is 0 Å². The van der Waals surface area contributed by atoms with E-state index in [-0.39, 0.29) is 0 Å². The van der Waals surface area contributed by atoms with Crippen LogP contribution in [0.5, 0.6) is 0 Å². The highest BCUT2D eigenvalue weighted by atomic mass is 15.2. The fourth-order valence-corrected chi connectivity index (χ4v) is 2.15. The number of nitrogens with zero attached hydrogens (tertiary/aromatic N) is 1. The van der Waals surface area contributed by atoms with Gasteiger partial charge >= 0.3 is 0 Å². The lowest BCUT2D eigenvalue weighted by molar-refractivity contribution is 0.245. The summed E-state index contributed by atoms with van der Waals surface area (Å²) in [4.78, 5) is 2.70. The molecule has 0 aromatic rings. The lowest BCUT2D eigenvalue weighted by atomic mass is 9.92. The van der Waals surface area contributed by atoms with E-state index in [1.807, 2.05) is 0 Å². The smallest absolute Gasteiger partial charge is 0.0110 e. The molecule has 2 heteroatoms. The summed E-state index contributed by atoms with van der Waals surface area (Å²) in [5.74, 6) is 0.833. The molecule has 1 rings (SSSR count). The zero-order valence-corrected chi connectivity index (χ0v) is 13.3. The minimum absolute atomic E-state index is 0.459. The van der Waals surface area contributed by atoms with Gasteiger partial charge in [0.2, 0.25) is 0 Å². The third-order valence-corrected chi connectivity index (χ3v) is 3.68. The van der Waals surface area contributed by atoms with Gasteiger partial charge in [0.05, 0.1) is 0 Å². The van der Waals surface area contributed by atoms with Gasteiger partial charge in [-0.3, -0.25) is 4.90 Å². The van der Waals surface area contributed by atoms with Crippen LogP contribution in [0, 0.1) is 11.3 Å². The maximum Gasteiger partial charge on any atom is 0.0110 e. The second-order valence-corrected chi connectivity index (χ2v) is 7.51. The number of nitrogens with one attached hydrogen (secondary N) is 1. The van der Waals surface area contributed by atoms with E-state index >= 15 is 0 Å². The first kappa shape index (κ1) is 16.0. The SMILES string of the molecule is CC(C)CCN(CCNCCC(C)(C)C)C1CC1. The van der Waals surface area contributed by atoms with Crippen molar-refractivity contribution >= 4 is 0 Å². The van der Waals surface area contributed by atoms with Crippen molar-refractivity contribution in [2.24, 2.45) is 11.3 Å². The maximum atomic E-state index is 3.60. The van der Waals surface area contributed by atoms with Gasteiger partial charge in [-0.2, -0.15) is 0 Å². The molecule has 0 unspecified atom stereocenters. The molecule has 0 amide bonds. The van der Waals surface area contributed by atoms with Crippen LogP contribution in [-0.4, -0.2) is 37.1 Å². The summed E-state index contributed by atoms with van der Waals surface area (Å²) in [6.07, 6.45) is 5.47. The van der Waals surface area contributed by atoms with E-state index in [9.17, 15) is 0 Å². The normalized spacial score (nSPS) is 16.8. The summed E-state index contributed by atoms with van der Waals surface area (Å²) in [5, 5.41) is 3.60. The van der Waals surface area contributed by atoms with Crippen molar-refractivity contribution < 1.29 is 0 Å². The van der Waals surface area contributed by atoms with Crippen LogP contribution in [0.1, 0.15) is 60.3 Å². The molecular weight excluding hydrogens is 220 g/mol. The number of hydrogen-bond donors (Lipinski definition) is 1. The summed E-state index contributed by atoms with van der Waals surface area (Å²) < 4.78 is 0. The Bertz CT molecular complexity index is 214. The fraction of sp³-hybridized carbons (Fsp3) is 1.00. The van der Waals surface area contributed by atoms with Crippen molar-refractivity contribution in [2.45, 2.75) is 66.3 Å². The summed E-state index contributed by atoms with van der Waals surface area (Å²) in [6, 6.07) is 0.910. The first-order valence-electron chi connectivity index (χ1n) is 7.83. The van der Waals surface area contributed by atoms with Crippen LogP contribution < -0.4 is 5.32 Å². The highest BCUT2D eigenvalue weighted by Crippen LogP contribution is 2.26. The van der Waals surface area contributed by atoms with Crippen molar-refractivity contribution in [3.05, 3.63) is 0 Å². The minimum Gasteiger partial charge on any atom is -0.315 e. The van der Waals surface area contributed by atoms with Crippen molar-refractivity contribution in [3.8, 4) is 0 Å². The molecule has 0 aromatic heterocycles. The van der Waals surface area contributed by atoms with Crippen molar-refractivity contribution in [2.75, 3.05) is 26.2 Å². The highest BCUT2D eigenvalue weighted by molar-refractivity contribution is 4.84. The van der Waals surface area contributed by atoms with Crippen LogP contribution >= 0.6 is 0 Å². The molecule has 1 aliphatic carbocycles. The van der Waals surface area contributed by atoms with Gasteiger partial charge in [0.1, 0.15) is 0 Å². The average molecular weight is 254 g/mol. The Labute approximate surface area is 115 Å². The Morgan fingerprint density at radius 1 is 1.11 bits per heavy atom. The van der Waals surface area contributed by atoms with Gasteiger partial charge in [0, 0.05) is 19.1 Å². The lowest BCUT2D eigenvalue weighted by Crippen LogP contribution is -2.35. The van der Waals surface area contributed by atoms with E-state index in [2.05, 4.69) is 44.8 Å².